The third-order valence-corrected chi connectivity index (χ3v) is 3.54. The zero-order valence-electron chi connectivity index (χ0n) is 12.3. The fourth-order valence-electron chi connectivity index (χ4n) is 2.34. The number of rotatable bonds is 8. The highest BCUT2D eigenvalue weighted by Gasteiger charge is 2.18. The summed E-state index contributed by atoms with van der Waals surface area (Å²) < 4.78 is 5.55. The first-order valence-corrected chi connectivity index (χ1v) is 7.19. The molecule has 0 radical (unpaired) electrons. The minimum atomic E-state index is -0.0974. The number of aliphatic hydroxyl groups is 2. The number of hydrogen-bond donors (Lipinski definition) is 2. The Kier molecular flexibility index (Phi) is 5.92. The molecule has 5 nitrogen and oxygen atoms in total. The fraction of sp³-hybridized carbons (Fsp3) is 0.438. The molecule has 0 saturated heterocycles. The van der Waals surface area contributed by atoms with Crippen LogP contribution >= 0.6 is 0 Å². The van der Waals surface area contributed by atoms with E-state index in [9.17, 15) is 5.11 Å². The maximum absolute atomic E-state index is 9.58. The SMILES string of the molecule is CC[C@H](CO)N(Cc1cccnc1)Cc1ccc(CO)o1. The highest BCUT2D eigenvalue weighted by molar-refractivity contribution is 5.10. The number of pyridine rings is 1. The van der Waals surface area contributed by atoms with Gasteiger partial charge in [-0.1, -0.05) is 13.0 Å². The summed E-state index contributed by atoms with van der Waals surface area (Å²) in [7, 11) is 0. The van der Waals surface area contributed by atoms with E-state index in [1.54, 1.807) is 12.3 Å². The van der Waals surface area contributed by atoms with Crippen molar-refractivity contribution >= 4 is 0 Å². The van der Waals surface area contributed by atoms with Gasteiger partial charge in [-0.3, -0.25) is 9.88 Å². The van der Waals surface area contributed by atoms with Crippen LogP contribution in [-0.4, -0.2) is 32.7 Å². The molecule has 0 fully saturated rings. The maximum atomic E-state index is 9.58. The molecule has 2 N–H and O–H groups in total. The standard InChI is InChI=1S/C16H22N2O3/c1-2-14(11-19)18(9-13-4-3-7-17-8-13)10-15-5-6-16(12-20)21-15/h3-8,14,19-20H,2,9-12H2,1H3/t14-/m1/s1. The van der Waals surface area contributed by atoms with Gasteiger partial charge in [-0.15, -0.1) is 0 Å². The van der Waals surface area contributed by atoms with E-state index in [0.717, 1.165) is 17.7 Å². The van der Waals surface area contributed by atoms with Gasteiger partial charge < -0.3 is 14.6 Å². The number of hydrogen-bond acceptors (Lipinski definition) is 5. The summed E-state index contributed by atoms with van der Waals surface area (Å²) >= 11 is 0. The molecule has 0 amide bonds. The summed E-state index contributed by atoms with van der Waals surface area (Å²) in [4.78, 5) is 6.29. The molecule has 5 heteroatoms. The molecule has 21 heavy (non-hydrogen) atoms. The van der Waals surface area contributed by atoms with E-state index < -0.39 is 0 Å². The van der Waals surface area contributed by atoms with Crippen LogP contribution in [0.4, 0.5) is 0 Å². The van der Waals surface area contributed by atoms with Crippen LogP contribution in [0.2, 0.25) is 0 Å². The Balaban J connectivity index is 2.11. The molecule has 0 unspecified atom stereocenters. The summed E-state index contributed by atoms with van der Waals surface area (Å²) in [5.41, 5.74) is 1.10. The summed E-state index contributed by atoms with van der Waals surface area (Å²) in [5, 5.41) is 18.6. The van der Waals surface area contributed by atoms with Gasteiger partial charge in [0.1, 0.15) is 18.1 Å². The van der Waals surface area contributed by atoms with Gasteiger partial charge in [0, 0.05) is 25.0 Å². The fourth-order valence-corrected chi connectivity index (χ4v) is 2.34. The molecule has 0 saturated carbocycles. The molecule has 0 aromatic carbocycles. The smallest absolute Gasteiger partial charge is 0.129 e. The topological polar surface area (TPSA) is 69.7 Å². The van der Waals surface area contributed by atoms with E-state index in [1.165, 1.54) is 0 Å². The van der Waals surface area contributed by atoms with Gasteiger partial charge in [0.2, 0.25) is 0 Å². The van der Waals surface area contributed by atoms with Crippen LogP contribution in [0.1, 0.15) is 30.4 Å². The van der Waals surface area contributed by atoms with E-state index >= 15 is 0 Å². The van der Waals surface area contributed by atoms with Gasteiger partial charge in [-0.25, -0.2) is 0 Å². The van der Waals surface area contributed by atoms with Gasteiger partial charge in [-0.2, -0.15) is 0 Å². The molecule has 2 heterocycles. The molecule has 2 aromatic rings. The largest absolute Gasteiger partial charge is 0.462 e. The van der Waals surface area contributed by atoms with Crippen molar-refractivity contribution in [3.05, 3.63) is 53.7 Å². The Labute approximate surface area is 124 Å². The van der Waals surface area contributed by atoms with E-state index in [1.807, 2.05) is 24.4 Å². The van der Waals surface area contributed by atoms with Crippen LogP contribution in [-0.2, 0) is 19.7 Å². The van der Waals surface area contributed by atoms with Crippen LogP contribution in [0.25, 0.3) is 0 Å². The molecule has 2 aromatic heterocycles. The molecule has 1 atom stereocenters. The molecule has 0 spiro atoms. The second-order valence-electron chi connectivity index (χ2n) is 5.04. The molecular weight excluding hydrogens is 268 g/mol. The molecule has 114 valence electrons. The van der Waals surface area contributed by atoms with Crippen molar-refractivity contribution in [2.45, 2.75) is 39.1 Å². The van der Waals surface area contributed by atoms with Crippen molar-refractivity contribution in [1.29, 1.82) is 0 Å². The van der Waals surface area contributed by atoms with Crippen molar-refractivity contribution in [3.63, 3.8) is 0 Å². The molecule has 2 rings (SSSR count). The van der Waals surface area contributed by atoms with Crippen LogP contribution in [0.15, 0.2) is 41.1 Å². The van der Waals surface area contributed by atoms with E-state index in [4.69, 9.17) is 9.52 Å². The quantitative estimate of drug-likeness (QED) is 0.777. The molecule has 0 aliphatic carbocycles. The van der Waals surface area contributed by atoms with Gasteiger partial charge in [0.15, 0.2) is 0 Å². The van der Waals surface area contributed by atoms with Crippen LogP contribution in [0, 0.1) is 0 Å². The number of nitrogens with zero attached hydrogens (tertiary/aromatic N) is 2. The second-order valence-corrected chi connectivity index (χ2v) is 5.04. The first-order valence-electron chi connectivity index (χ1n) is 7.19. The van der Waals surface area contributed by atoms with Crippen molar-refractivity contribution in [3.8, 4) is 0 Å². The summed E-state index contributed by atoms with van der Waals surface area (Å²) in [5.74, 6) is 1.35. The third kappa shape index (κ3) is 4.39. The lowest BCUT2D eigenvalue weighted by atomic mass is 10.1. The zero-order chi connectivity index (χ0) is 15.1. The van der Waals surface area contributed by atoms with Gasteiger partial charge in [0.25, 0.3) is 0 Å². The molecule has 0 aliphatic rings. The number of furan rings is 1. The van der Waals surface area contributed by atoms with E-state index in [0.29, 0.717) is 18.8 Å². The zero-order valence-corrected chi connectivity index (χ0v) is 12.3. The maximum Gasteiger partial charge on any atom is 0.129 e. The van der Waals surface area contributed by atoms with Crippen molar-refractivity contribution in [2.24, 2.45) is 0 Å². The normalized spacial score (nSPS) is 12.8. The van der Waals surface area contributed by atoms with Crippen LogP contribution in [0.5, 0.6) is 0 Å². The predicted octanol–water partition coefficient (Wildman–Crippen LogP) is 1.94. The van der Waals surface area contributed by atoms with Crippen LogP contribution < -0.4 is 0 Å². The van der Waals surface area contributed by atoms with E-state index in [-0.39, 0.29) is 19.3 Å². The van der Waals surface area contributed by atoms with Crippen molar-refractivity contribution < 1.29 is 14.6 Å². The number of aromatic nitrogens is 1. The average molecular weight is 290 g/mol. The second kappa shape index (κ2) is 7.93. The lowest BCUT2D eigenvalue weighted by Crippen LogP contribution is -2.36. The highest BCUT2D eigenvalue weighted by atomic mass is 16.4. The first kappa shape index (κ1) is 15.7. The van der Waals surface area contributed by atoms with E-state index in [2.05, 4.69) is 16.8 Å². The van der Waals surface area contributed by atoms with Crippen LogP contribution in [0.3, 0.4) is 0 Å². The lowest BCUT2D eigenvalue weighted by Gasteiger charge is -2.29. The summed E-state index contributed by atoms with van der Waals surface area (Å²) in [6, 6.07) is 7.63. The molecule has 0 bridgehead atoms. The molecular formula is C16H22N2O3. The predicted molar refractivity (Wildman–Crippen MR) is 79.3 cm³/mol. The molecule has 0 aliphatic heterocycles. The Morgan fingerprint density at radius 2 is 2.00 bits per heavy atom. The highest BCUT2D eigenvalue weighted by Crippen LogP contribution is 2.17. The summed E-state index contributed by atoms with van der Waals surface area (Å²) in [6.07, 6.45) is 4.43. The van der Waals surface area contributed by atoms with Gasteiger partial charge in [-0.05, 0) is 30.2 Å². The van der Waals surface area contributed by atoms with Crippen molar-refractivity contribution in [1.82, 2.24) is 9.88 Å². The lowest BCUT2D eigenvalue weighted by molar-refractivity contribution is 0.0984. The third-order valence-electron chi connectivity index (χ3n) is 3.54. The Hall–Kier alpha value is -1.69. The number of aliphatic hydroxyl groups excluding tert-OH is 2. The van der Waals surface area contributed by atoms with Gasteiger partial charge in [0.05, 0.1) is 13.2 Å². The summed E-state index contributed by atoms with van der Waals surface area (Å²) in [6.45, 7) is 3.35. The minimum absolute atomic E-state index is 0.0629. The van der Waals surface area contributed by atoms with Gasteiger partial charge >= 0.3 is 0 Å². The van der Waals surface area contributed by atoms with Crippen molar-refractivity contribution in [2.75, 3.05) is 6.61 Å². The Bertz CT molecular complexity index is 523. The minimum Gasteiger partial charge on any atom is -0.462 e. The Morgan fingerprint density at radius 3 is 2.57 bits per heavy atom. The first-order chi connectivity index (χ1) is 10.3. The Morgan fingerprint density at radius 1 is 1.19 bits per heavy atom. The monoisotopic (exact) mass is 290 g/mol. The average Bonchev–Trinajstić information content (AvgIpc) is 2.97.